The summed E-state index contributed by atoms with van der Waals surface area (Å²) in [7, 11) is 1.81. The van der Waals surface area contributed by atoms with Crippen LogP contribution in [0.1, 0.15) is 11.1 Å². The van der Waals surface area contributed by atoms with Crippen molar-refractivity contribution >= 4 is 22.9 Å². The number of aryl methyl sites for hydroxylation is 1. The lowest BCUT2D eigenvalue weighted by Gasteiger charge is -2.33. The number of ether oxygens (including phenoxy) is 1. The van der Waals surface area contributed by atoms with E-state index in [2.05, 4.69) is 35.1 Å². The van der Waals surface area contributed by atoms with Crippen molar-refractivity contribution < 1.29 is 9.53 Å². The molecule has 0 N–H and O–H groups in total. The number of terminal acetylenes is 1. The summed E-state index contributed by atoms with van der Waals surface area (Å²) in [6, 6.07) is 18.3. The Morgan fingerprint density at radius 2 is 1.85 bits per heavy atom. The summed E-state index contributed by atoms with van der Waals surface area (Å²) in [6.45, 7) is 3.40. The first-order valence-corrected chi connectivity index (χ1v) is 13.5. The lowest BCUT2D eigenvalue weighted by Crippen LogP contribution is -2.51. The predicted molar refractivity (Wildman–Crippen MR) is 158 cm³/mol. The van der Waals surface area contributed by atoms with Crippen LogP contribution >= 0.6 is 0 Å². The minimum absolute atomic E-state index is 0.0684. The molecule has 200 valence electrons. The molecule has 2 aromatic carbocycles. The maximum atomic E-state index is 12.5. The van der Waals surface area contributed by atoms with Gasteiger partial charge in [0.2, 0.25) is 5.91 Å². The molecule has 2 aliphatic rings. The number of hydrogen-bond acceptors (Lipinski definition) is 5. The van der Waals surface area contributed by atoms with Gasteiger partial charge in [-0.3, -0.25) is 14.5 Å². The standard InChI is InChI=1S/C33H30N4O3/c1-3-15-37-17-16-36(22-32(37)38)18-19-40-26-11-7-23(8-12-26)30-14-10-25-20-24(9-13-31(25)34-30)29-21-35(2)33(39)28-6-4-5-27(28)29/h1,4-5,7-14,20-21H,6,15-19,22H2,2H3. The van der Waals surface area contributed by atoms with Gasteiger partial charge in [0.25, 0.3) is 5.56 Å². The predicted octanol–water partition coefficient (Wildman–Crippen LogP) is 3.99. The van der Waals surface area contributed by atoms with E-state index in [-0.39, 0.29) is 11.5 Å². The molecular formula is C33H30N4O3. The molecule has 1 aliphatic heterocycles. The Morgan fingerprint density at radius 3 is 2.65 bits per heavy atom. The van der Waals surface area contributed by atoms with E-state index in [1.807, 2.05) is 55.7 Å². The fourth-order valence-electron chi connectivity index (χ4n) is 5.42. The van der Waals surface area contributed by atoms with E-state index in [1.54, 1.807) is 9.47 Å². The Bertz CT molecular complexity index is 1730. The Morgan fingerprint density at radius 1 is 1.02 bits per heavy atom. The molecule has 6 rings (SSSR count). The summed E-state index contributed by atoms with van der Waals surface area (Å²) in [6.07, 6.45) is 12.0. The summed E-state index contributed by atoms with van der Waals surface area (Å²) in [5.41, 5.74) is 6.89. The molecule has 0 radical (unpaired) electrons. The minimum Gasteiger partial charge on any atom is -0.492 e. The zero-order valence-electron chi connectivity index (χ0n) is 22.5. The van der Waals surface area contributed by atoms with Crippen molar-refractivity contribution in [3.63, 3.8) is 0 Å². The second-order valence-corrected chi connectivity index (χ2v) is 10.2. The van der Waals surface area contributed by atoms with Gasteiger partial charge in [-0.15, -0.1) is 6.42 Å². The van der Waals surface area contributed by atoms with Crippen LogP contribution in [0.15, 0.2) is 71.7 Å². The molecule has 1 amide bonds. The molecule has 40 heavy (non-hydrogen) atoms. The Kier molecular flexibility index (Phi) is 6.93. The average Bonchev–Trinajstić information content (AvgIpc) is 3.47. The highest BCUT2D eigenvalue weighted by molar-refractivity contribution is 5.89. The molecule has 1 aliphatic carbocycles. The van der Waals surface area contributed by atoms with Gasteiger partial charge in [-0.05, 0) is 60.0 Å². The van der Waals surface area contributed by atoms with E-state index in [4.69, 9.17) is 16.1 Å². The number of carbonyl (C=O) groups is 1. The maximum Gasteiger partial charge on any atom is 0.254 e. The third-order valence-corrected chi connectivity index (χ3v) is 7.63. The van der Waals surface area contributed by atoms with Crippen LogP contribution in [-0.2, 0) is 18.3 Å². The summed E-state index contributed by atoms with van der Waals surface area (Å²) >= 11 is 0. The number of benzene rings is 2. The van der Waals surface area contributed by atoms with Gasteiger partial charge in [0.15, 0.2) is 0 Å². The number of amides is 1. The highest BCUT2D eigenvalue weighted by Crippen LogP contribution is 2.32. The highest BCUT2D eigenvalue weighted by atomic mass is 16.5. The second kappa shape index (κ2) is 10.8. The number of fused-ring (bicyclic) bond motifs is 2. The van der Waals surface area contributed by atoms with E-state index in [9.17, 15) is 9.59 Å². The normalized spacial score (nSPS) is 14.9. The first kappa shape index (κ1) is 25.6. The highest BCUT2D eigenvalue weighted by Gasteiger charge is 2.23. The van der Waals surface area contributed by atoms with Crippen molar-refractivity contribution in [3.05, 3.63) is 88.4 Å². The average molecular weight is 531 g/mol. The third-order valence-electron chi connectivity index (χ3n) is 7.63. The van der Waals surface area contributed by atoms with Crippen molar-refractivity contribution in [2.75, 3.05) is 39.3 Å². The molecule has 0 atom stereocenters. The molecule has 1 fully saturated rings. The third kappa shape index (κ3) is 5.02. The monoisotopic (exact) mass is 530 g/mol. The Labute approximate surface area is 233 Å². The molecule has 2 aromatic heterocycles. The number of aromatic nitrogens is 2. The molecule has 1 saturated heterocycles. The van der Waals surface area contributed by atoms with Gasteiger partial charge >= 0.3 is 0 Å². The quantitative estimate of drug-likeness (QED) is 0.338. The first-order chi connectivity index (χ1) is 19.5. The number of nitrogens with zero attached hydrogens (tertiary/aromatic N) is 4. The van der Waals surface area contributed by atoms with Crippen LogP contribution in [0.2, 0.25) is 0 Å². The summed E-state index contributed by atoms with van der Waals surface area (Å²) < 4.78 is 7.61. The number of hydrogen-bond donors (Lipinski definition) is 0. The van der Waals surface area contributed by atoms with Gasteiger partial charge in [0.1, 0.15) is 12.4 Å². The lowest BCUT2D eigenvalue weighted by molar-refractivity contribution is -0.135. The Hall–Kier alpha value is -4.67. The largest absolute Gasteiger partial charge is 0.492 e. The number of allylic oxidation sites excluding steroid dienone is 1. The molecule has 0 spiro atoms. The molecule has 4 aromatic rings. The van der Waals surface area contributed by atoms with Gasteiger partial charge in [-0.2, -0.15) is 0 Å². The number of carbonyl (C=O) groups excluding carboxylic acids is 1. The summed E-state index contributed by atoms with van der Waals surface area (Å²) in [5.74, 6) is 3.39. The molecule has 0 unspecified atom stereocenters. The fraction of sp³-hybridized carbons (Fsp3) is 0.242. The topological polar surface area (TPSA) is 67.7 Å². The van der Waals surface area contributed by atoms with Crippen LogP contribution in [0.3, 0.4) is 0 Å². The number of rotatable bonds is 7. The smallest absolute Gasteiger partial charge is 0.254 e. The van der Waals surface area contributed by atoms with Crippen LogP contribution in [0.4, 0.5) is 0 Å². The van der Waals surface area contributed by atoms with Crippen molar-refractivity contribution in [1.82, 2.24) is 19.4 Å². The van der Waals surface area contributed by atoms with E-state index in [0.29, 0.717) is 39.2 Å². The van der Waals surface area contributed by atoms with E-state index >= 15 is 0 Å². The van der Waals surface area contributed by atoms with Crippen LogP contribution in [0, 0.1) is 12.3 Å². The van der Waals surface area contributed by atoms with Crippen LogP contribution in [0.5, 0.6) is 5.75 Å². The molecule has 7 nitrogen and oxygen atoms in total. The van der Waals surface area contributed by atoms with Crippen LogP contribution < -0.4 is 10.3 Å². The molecule has 0 saturated carbocycles. The Balaban J connectivity index is 1.12. The van der Waals surface area contributed by atoms with E-state index < -0.39 is 0 Å². The van der Waals surface area contributed by atoms with Crippen molar-refractivity contribution in [2.24, 2.45) is 7.05 Å². The second-order valence-electron chi connectivity index (χ2n) is 10.2. The van der Waals surface area contributed by atoms with Crippen molar-refractivity contribution in [1.29, 1.82) is 0 Å². The molecular weight excluding hydrogens is 500 g/mol. The molecule has 0 bridgehead atoms. The van der Waals surface area contributed by atoms with Crippen LogP contribution in [0.25, 0.3) is 39.4 Å². The zero-order valence-corrected chi connectivity index (χ0v) is 22.5. The molecule has 7 heteroatoms. The van der Waals surface area contributed by atoms with Gasteiger partial charge in [0, 0.05) is 55.0 Å². The van der Waals surface area contributed by atoms with Gasteiger partial charge in [-0.25, -0.2) is 4.98 Å². The maximum absolute atomic E-state index is 12.5. The van der Waals surface area contributed by atoms with Gasteiger partial charge in [-0.1, -0.05) is 30.2 Å². The fourth-order valence-corrected chi connectivity index (χ4v) is 5.42. The van der Waals surface area contributed by atoms with Gasteiger partial charge < -0.3 is 14.2 Å². The van der Waals surface area contributed by atoms with Crippen molar-refractivity contribution in [3.8, 4) is 40.5 Å². The lowest BCUT2D eigenvalue weighted by atomic mass is 9.98. The summed E-state index contributed by atoms with van der Waals surface area (Å²) in [5, 5.41) is 1.05. The summed E-state index contributed by atoms with van der Waals surface area (Å²) in [4.78, 5) is 33.4. The minimum atomic E-state index is 0.0684. The van der Waals surface area contributed by atoms with Gasteiger partial charge in [0.05, 0.1) is 24.3 Å². The van der Waals surface area contributed by atoms with E-state index in [1.165, 1.54) is 0 Å². The number of piperazine rings is 1. The van der Waals surface area contributed by atoms with E-state index in [0.717, 1.165) is 56.7 Å². The molecule has 3 heterocycles. The first-order valence-electron chi connectivity index (χ1n) is 13.5. The van der Waals surface area contributed by atoms with Crippen LogP contribution in [-0.4, -0.2) is 64.6 Å². The number of pyridine rings is 2. The van der Waals surface area contributed by atoms with Crippen molar-refractivity contribution in [2.45, 2.75) is 6.42 Å². The SMILES string of the molecule is C#CCN1CCN(CCOc2ccc(-c3ccc4cc(-c5cn(C)c(=O)c6c5C=CC6)ccc4n3)cc2)CC1=O. The zero-order chi connectivity index (χ0) is 27.6.